The van der Waals surface area contributed by atoms with E-state index in [0.717, 1.165) is 35.0 Å². The van der Waals surface area contributed by atoms with E-state index in [-0.39, 0.29) is 18.1 Å². The maximum atomic E-state index is 11.1. The number of hydrogen-bond acceptors (Lipinski definition) is 7. The lowest BCUT2D eigenvalue weighted by Gasteiger charge is -2.32. The van der Waals surface area contributed by atoms with Gasteiger partial charge in [-0.2, -0.15) is 0 Å². The Morgan fingerprint density at radius 3 is 0.989 bits per heavy atom. The Hall–Kier alpha value is -7.83. The van der Waals surface area contributed by atoms with Crippen molar-refractivity contribution in [3.63, 3.8) is 0 Å². The molecule has 0 saturated heterocycles. The Labute approximate surface area is 559 Å². The quantitative estimate of drug-likeness (QED) is 0.129. The first kappa shape index (κ1) is 91.9. The van der Waals surface area contributed by atoms with Crippen molar-refractivity contribution in [1.82, 2.24) is 25.6 Å². The minimum absolute atomic E-state index is 0.228. The maximum Gasteiger partial charge on any atom is 0.322 e. The highest BCUT2D eigenvalue weighted by Gasteiger charge is 2.25. The van der Waals surface area contributed by atoms with Gasteiger partial charge in [0.05, 0.1) is 30.0 Å². The van der Waals surface area contributed by atoms with Gasteiger partial charge in [0, 0.05) is 20.2 Å². The van der Waals surface area contributed by atoms with Crippen LogP contribution in [0.15, 0.2) is 79.3 Å². The first-order valence-electron chi connectivity index (χ1n) is 34.8. The predicted molar refractivity (Wildman–Crippen MR) is 395 cm³/mol. The van der Waals surface area contributed by atoms with Gasteiger partial charge in [-0.05, 0) is 134 Å². The van der Waals surface area contributed by atoms with Crippen molar-refractivity contribution in [2.75, 3.05) is 24.7 Å². The topological polar surface area (TPSA) is 139 Å². The van der Waals surface area contributed by atoms with Gasteiger partial charge in [-0.3, -0.25) is 0 Å². The highest BCUT2D eigenvalue weighted by Crippen LogP contribution is 2.39. The molecule has 11 heteroatoms. The number of carbonyl (C=O) groups is 2. The average molecular weight is 1250 g/mol. The molecule has 0 bridgehead atoms. The SMILES string of the molecule is C#CC#CC#CC#CC#CC#CC.C1CCC(C2CCCCC2)CC1.C1CCC(C2CCCCC2)CC1.CC.CC.CC.CC.CC.CC.CC.CC.CNC(=O)Nc1ccc(Oc2ccc(C)cc2)nc1.CNC(=O)Nc1cnc(Oc2ccc(C)cc2)nc1. The third-order valence-corrected chi connectivity index (χ3v) is 13.4. The monoisotopic (exact) mass is 1250 g/mol. The minimum atomic E-state index is -0.323. The van der Waals surface area contributed by atoms with E-state index >= 15 is 0 Å². The number of amides is 4. The summed E-state index contributed by atoms with van der Waals surface area (Å²) < 4.78 is 11.0. The highest BCUT2D eigenvalue weighted by atomic mass is 16.5. The van der Waals surface area contributed by atoms with E-state index in [1.165, 1.54) is 102 Å². The van der Waals surface area contributed by atoms with Crippen LogP contribution in [0.4, 0.5) is 21.0 Å². The number of terminal acetylenes is 1. The average Bonchev–Trinajstić information content (AvgIpc) is 3.81. The number of nitrogens with one attached hydrogen (secondary N) is 4. The Morgan fingerprint density at radius 1 is 0.396 bits per heavy atom. The van der Waals surface area contributed by atoms with Crippen LogP contribution in [0.2, 0.25) is 0 Å². The molecule has 4 aliphatic rings. The van der Waals surface area contributed by atoms with Crippen molar-refractivity contribution in [2.24, 2.45) is 23.7 Å². The summed E-state index contributed by atoms with van der Waals surface area (Å²) in [6, 6.07) is 18.3. The molecule has 11 nitrogen and oxygen atoms in total. The summed E-state index contributed by atoms with van der Waals surface area (Å²) >= 11 is 0. The molecule has 2 aromatic carbocycles. The number of hydrogen-bond donors (Lipinski definition) is 4. The van der Waals surface area contributed by atoms with Crippen molar-refractivity contribution in [1.29, 1.82) is 0 Å². The molecule has 4 aliphatic carbocycles. The number of rotatable bonds is 8. The molecule has 4 fully saturated rings. The van der Waals surface area contributed by atoms with E-state index in [9.17, 15) is 9.59 Å². The number of carbonyl (C=O) groups excluding carboxylic acids is 2. The van der Waals surface area contributed by atoms with Gasteiger partial charge in [-0.1, -0.05) is 281 Å². The van der Waals surface area contributed by atoms with Crippen LogP contribution in [-0.2, 0) is 0 Å². The van der Waals surface area contributed by atoms with Crippen molar-refractivity contribution < 1.29 is 19.1 Å². The van der Waals surface area contributed by atoms with E-state index in [1.54, 1.807) is 83.7 Å². The van der Waals surface area contributed by atoms with Crippen LogP contribution in [0.3, 0.4) is 0 Å². The molecule has 2 aromatic heterocycles. The number of ether oxygens (including phenoxy) is 2. The predicted octanol–water partition coefficient (Wildman–Crippen LogP) is 22.4. The number of pyridine rings is 1. The molecule has 0 radical (unpaired) electrons. The van der Waals surface area contributed by atoms with Crippen LogP contribution in [0.1, 0.15) is 257 Å². The van der Waals surface area contributed by atoms with Gasteiger partial charge in [-0.25, -0.2) is 24.5 Å². The summed E-state index contributed by atoms with van der Waals surface area (Å²) in [5.74, 6) is 33.4. The van der Waals surface area contributed by atoms with E-state index in [2.05, 4.69) is 101 Å². The lowest BCUT2D eigenvalue weighted by Crippen LogP contribution is -2.24. The molecule has 4 aromatic rings. The molecular weight excluding hydrogens is 1120 g/mol. The number of benzene rings is 2. The van der Waals surface area contributed by atoms with Crippen LogP contribution in [0.25, 0.3) is 0 Å². The van der Waals surface area contributed by atoms with Crippen LogP contribution in [-0.4, -0.2) is 41.1 Å². The molecule has 91 heavy (non-hydrogen) atoms. The minimum Gasteiger partial charge on any atom is -0.439 e. The number of urea groups is 2. The molecule has 0 atom stereocenters. The second-order valence-electron chi connectivity index (χ2n) is 19.0. The Morgan fingerprint density at radius 2 is 0.692 bits per heavy atom. The van der Waals surface area contributed by atoms with Gasteiger partial charge in [0.25, 0.3) is 0 Å². The number of aromatic nitrogens is 3. The van der Waals surface area contributed by atoms with Gasteiger partial charge < -0.3 is 30.7 Å². The fourth-order valence-electron chi connectivity index (χ4n) is 9.51. The van der Waals surface area contributed by atoms with E-state index < -0.39 is 0 Å². The molecule has 0 spiro atoms. The van der Waals surface area contributed by atoms with Crippen LogP contribution < -0.4 is 30.7 Å². The zero-order valence-electron chi connectivity index (χ0n) is 61.0. The Kier molecular flexibility index (Phi) is 72.0. The summed E-state index contributed by atoms with van der Waals surface area (Å²) in [7, 11) is 3.09. The van der Waals surface area contributed by atoms with Crippen molar-refractivity contribution >= 4 is 23.4 Å². The molecule has 4 saturated carbocycles. The molecule has 0 unspecified atom stereocenters. The van der Waals surface area contributed by atoms with E-state index in [0.29, 0.717) is 23.0 Å². The standard InChI is InChI=1S/C14H15N3O2.C13H14N4O2.C13H4.2C12H22.8C2H6/c1-10-3-6-12(7-4-10)19-13-8-5-11(9-16-13)17-14(18)15-2;1-9-3-5-11(6-4-9)19-13-15-7-10(8-16-13)17-12(18)14-2;1-3-5-7-9-11-13-12-10-8-6-4-2;2*1-3-7-11(8-4-1)12-9-5-2-6-10-12;8*1-2/h3-9H,1-2H3,(H2,15,17,18);3-8H,1-2H3,(H2,14,17,18);1H,2H3;2*11-12H,1-10H2;8*1-2H3. The number of aryl methyl sites for hydroxylation is 2. The second kappa shape index (κ2) is 71.2. The molecular formula is C80H125N7O4. The Bertz CT molecular complexity index is 2480. The lowest BCUT2D eigenvalue weighted by molar-refractivity contribution is 0.196. The summed E-state index contributed by atoms with van der Waals surface area (Å²) in [5, 5.41) is 10.1. The van der Waals surface area contributed by atoms with Crippen molar-refractivity contribution in [3.8, 4) is 94.9 Å². The van der Waals surface area contributed by atoms with Crippen molar-refractivity contribution in [3.05, 3.63) is 90.4 Å². The first-order valence-corrected chi connectivity index (χ1v) is 34.8. The smallest absolute Gasteiger partial charge is 0.322 e. The largest absolute Gasteiger partial charge is 0.439 e. The third kappa shape index (κ3) is 50.6. The van der Waals surface area contributed by atoms with Gasteiger partial charge in [0.15, 0.2) is 0 Å². The Balaban J connectivity index is -0.000000323. The number of anilines is 2. The van der Waals surface area contributed by atoms with Crippen LogP contribution in [0.5, 0.6) is 23.4 Å². The summed E-state index contributed by atoms with van der Waals surface area (Å²) in [4.78, 5) is 34.3. The number of nitrogens with zero attached hydrogens (tertiary/aromatic N) is 3. The zero-order chi connectivity index (χ0) is 69.6. The van der Waals surface area contributed by atoms with Gasteiger partial charge >= 0.3 is 18.1 Å². The molecule has 2 heterocycles. The molecule has 0 aliphatic heterocycles. The fourth-order valence-corrected chi connectivity index (χ4v) is 9.51. The maximum absolute atomic E-state index is 11.1. The summed E-state index contributed by atoms with van der Waals surface area (Å²) in [6.07, 6.45) is 40.1. The molecule has 8 rings (SSSR count). The molecule has 4 amide bonds. The van der Waals surface area contributed by atoms with Crippen molar-refractivity contribution in [2.45, 2.75) is 260 Å². The summed E-state index contributed by atoms with van der Waals surface area (Å²) in [5.41, 5.74) is 3.43. The summed E-state index contributed by atoms with van der Waals surface area (Å²) in [6.45, 7) is 37.7. The highest BCUT2D eigenvalue weighted by molar-refractivity contribution is 5.89. The molecule has 504 valence electrons. The van der Waals surface area contributed by atoms with Crippen LogP contribution >= 0.6 is 0 Å². The lowest BCUT2D eigenvalue weighted by atomic mass is 9.73. The van der Waals surface area contributed by atoms with Gasteiger partial charge in [-0.15, -0.1) is 6.42 Å². The zero-order valence-corrected chi connectivity index (χ0v) is 61.0. The van der Waals surface area contributed by atoms with Gasteiger partial charge in [0.2, 0.25) is 5.88 Å². The normalized spacial score (nSPS) is 12.8. The third-order valence-electron chi connectivity index (χ3n) is 13.4. The molecule has 4 N–H and O–H groups in total. The first-order chi connectivity index (χ1) is 44.7. The van der Waals surface area contributed by atoms with E-state index in [1.807, 2.05) is 173 Å². The van der Waals surface area contributed by atoms with Crippen LogP contribution in [0, 0.1) is 109 Å². The second-order valence-corrected chi connectivity index (χ2v) is 19.0. The van der Waals surface area contributed by atoms with Gasteiger partial charge in [0.1, 0.15) is 11.5 Å². The fraction of sp³-hybridized carbons (Fsp3) is 0.562. The van der Waals surface area contributed by atoms with E-state index in [4.69, 9.17) is 15.9 Å².